The Bertz CT molecular complexity index is 857. The lowest BCUT2D eigenvalue weighted by Gasteiger charge is -2.09. The number of hydrogen-bond acceptors (Lipinski definition) is 3. The van der Waals surface area contributed by atoms with Crippen molar-refractivity contribution in [3.05, 3.63) is 63.1 Å². The summed E-state index contributed by atoms with van der Waals surface area (Å²) in [6, 6.07) is 6.08. The first-order chi connectivity index (χ1) is 12.3. The van der Waals surface area contributed by atoms with E-state index in [9.17, 15) is 22.8 Å². The maximum atomic E-state index is 12.5. The third-order valence-electron chi connectivity index (χ3n) is 4.32. The summed E-state index contributed by atoms with van der Waals surface area (Å²) in [5.41, 5.74) is 1.48. The summed E-state index contributed by atoms with van der Waals surface area (Å²) in [5, 5.41) is 6.97. The third kappa shape index (κ3) is 4.30. The molecule has 0 unspecified atom stereocenters. The molecule has 1 amide bonds. The first kappa shape index (κ1) is 18.2. The Balaban J connectivity index is 1.51. The average Bonchev–Trinajstić information content (AvgIpc) is 3.01. The first-order valence-electron chi connectivity index (χ1n) is 8.36. The van der Waals surface area contributed by atoms with Gasteiger partial charge in [0.1, 0.15) is 0 Å². The maximum absolute atomic E-state index is 12.5. The number of amides is 1. The minimum Gasteiger partial charge on any atom is -0.354 e. The van der Waals surface area contributed by atoms with Crippen LogP contribution in [0.3, 0.4) is 0 Å². The second kappa shape index (κ2) is 7.31. The smallest absolute Gasteiger partial charge is 0.354 e. The van der Waals surface area contributed by atoms with E-state index in [1.54, 1.807) is 6.07 Å². The molecule has 1 aliphatic carbocycles. The van der Waals surface area contributed by atoms with Crippen molar-refractivity contribution >= 4 is 5.91 Å². The van der Waals surface area contributed by atoms with Crippen LogP contribution in [-0.2, 0) is 36.8 Å². The molecule has 8 heteroatoms. The van der Waals surface area contributed by atoms with E-state index in [1.165, 1.54) is 16.8 Å². The van der Waals surface area contributed by atoms with E-state index < -0.39 is 11.7 Å². The Kier molecular flexibility index (Phi) is 5.11. The van der Waals surface area contributed by atoms with Crippen LogP contribution in [0.1, 0.15) is 28.8 Å². The Morgan fingerprint density at radius 3 is 2.62 bits per heavy atom. The predicted octanol–water partition coefficient (Wildman–Crippen LogP) is 2.11. The fourth-order valence-electron chi connectivity index (χ4n) is 2.96. The van der Waals surface area contributed by atoms with Crippen LogP contribution in [0.15, 0.2) is 35.1 Å². The maximum Gasteiger partial charge on any atom is 0.416 e. The zero-order valence-electron chi connectivity index (χ0n) is 14.0. The second-order valence-electron chi connectivity index (χ2n) is 6.25. The predicted molar refractivity (Wildman–Crippen MR) is 88.7 cm³/mol. The molecule has 1 heterocycles. The number of nitrogens with zero attached hydrogens (tertiary/aromatic N) is 2. The number of aryl methyl sites for hydroxylation is 2. The monoisotopic (exact) mass is 365 g/mol. The number of halogens is 3. The number of nitrogens with one attached hydrogen (secondary N) is 1. The number of carbonyl (C=O) groups is 1. The molecule has 138 valence electrons. The van der Waals surface area contributed by atoms with Gasteiger partial charge in [-0.05, 0) is 42.5 Å². The van der Waals surface area contributed by atoms with Crippen molar-refractivity contribution in [3.63, 3.8) is 0 Å². The van der Waals surface area contributed by atoms with Crippen LogP contribution in [0.25, 0.3) is 0 Å². The van der Waals surface area contributed by atoms with Crippen LogP contribution in [0.5, 0.6) is 0 Å². The molecule has 0 saturated heterocycles. The van der Waals surface area contributed by atoms with Crippen molar-refractivity contribution < 1.29 is 18.0 Å². The van der Waals surface area contributed by atoms with Crippen LogP contribution >= 0.6 is 0 Å². The van der Waals surface area contributed by atoms with Crippen molar-refractivity contribution in [1.82, 2.24) is 15.1 Å². The van der Waals surface area contributed by atoms with Crippen molar-refractivity contribution in [2.45, 2.75) is 38.4 Å². The highest BCUT2D eigenvalue weighted by Crippen LogP contribution is 2.29. The molecule has 0 atom stereocenters. The van der Waals surface area contributed by atoms with Crippen LogP contribution in [0.4, 0.5) is 13.2 Å². The van der Waals surface area contributed by atoms with Gasteiger partial charge in [0, 0.05) is 12.6 Å². The zero-order chi connectivity index (χ0) is 18.7. The van der Waals surface area contributed by atoms with Gasteiger partial charge in [-0.15, -0.1) is 0 Å². The number of benzene rings is 1. The summed E-state index contributed by atoms with van der Waals surface area (Å²) in [6.07, 6.45) is -1.69. The minimum atomic E-state index is -4.39. The van der Waals surface area contributed by atoms with Gasteiger partial charge < -0.3 is 5.32 Å². The molecule has 1 aliphatic rings. The molecule has 0 radical (unpaired) electrons. The lowest BCUT2D eigenvalue weighted by molar-refractivity contribution is -0.137. The quantitative estimate of drug-likeness (QED) is 0.883. The summed E-state index contributed by atoms with van der Waals surface area (Å²) in [7, 11) is 0. The van der Waals surface area contributed by atoms with Gasteiger partial charge in [-0.1, -0.05) is 12.1 Å². The van der Waals surface area contributed by atoms with E-state index in [0.717, 1.165) is 42.7 Å². The number of alkyl halides is 3. The molecule has 1 aromatic heterocycles. The summed E-state index contributed by atoms with van der Waals surface area (Å²) >= 11 is 0. The molecule has 1 N–H and O–H groups in total. The molecule has 0 bridgehead atoms. The number of rotatable bonds is 5. The van der Waals surface area contributed by atoms with Gasteiger partial charge in [-0.25, -0.2) is 4.68 Å². The van der Waals surface area contributed by atoms with Crippen molar-refractivity contribution in [3.8, 4) is 0 Å². The highest BCUT2D eigenvalue weighted by molar-refractivity contribution is 5.78. The molecule has 2 aromatic rings. The zero-order valence-corrected chi connectivity index (χ0v) is 14.0. The van der Waals surface area contributed by atoms with E-state index >= 15 is 0 Å². The molecule has 0 aliphatic heterocycles. The van der Waals surface area contributed by atoms with E-state index in [1.807, 2.05) is 0 Å². The molecule has 3 rings (SSSR count). The Labute approximate surface area is 147 Å². The fraction of sp³-hybridized carbons (Fsp3) is 0.389. The molecule has 5 nitrogen and oxygen atoms in total. The molecule has 0 saturated carbocycles. The van der Waals surface area contributed by atoms with Gasteiger partial charge >= 0.3 is 6.18 Å². The number of carbonyl (C=O) groups excluding carboxylic acids is 1. The number of fused-ring (bicyclic) bond motifs is 1. The standard InChI is InChI=1S/C18H18F3N3O2/c19-18(20,21)14-6-4-12(5-7-14)10-16(25)22-8-9-24-17(26)11-13-2-1-3-15(13)23-24/h4-7,11H,1-3,8-10H2,(H,22,25). The topological polar surface area (TPSA) is 64.0 Å². The van der Waals surface area contributed by atoms with E-state index in [4.69, 9.17) is 0 Å². The van der Waals surface area contributed by atoms with E-state index in [-0.39, 0.29) is 31.0 Å². The summed E-state index contributed by atoms with van der Waals surface area (Å²) in [4.78, 5) is 23.9. The van der Waals surface area contributed by atoms with Gasteiger partial charge in [0.25, 0.3) is 5.56 Å². The first-order valence-corrected chi connectivity index (χ1v) is 8.36. The molecule has 1 aromatic carbocycles. The summed E-state index contributed by atoms with van der Waals surface area (Å²) in [5.74, 6) is -0.320. The second-order valence-corrected chi connectivity index (χ2v) is 6.25. The van der Waals surface area contributed by atoms with Crippen LogP contribution in [-0.4, -0.2) is 22.2 Å². The van der Waals surface area contributed by atoms with Crippen molar-refractivity contribution in [2.75, 3.05) is 6.54 Å². The van der Waals surface area contributed by atoms with Gasteiger partial charge in [0.2, 0.25) is 5.91 Å². The lowest BCUT2D eigenvalue weighted by atomic mass is 10.1. The lowest BCUT2D eigenvalue weighted by Crippen LogP contribution is -2.33. The Morgan fingerprint density at radius 2 is 1.92 bits per heavy atom. The van der Waals surface area contributed by atoms with Gasteiger partial charge in [-0.3, -0.25) is 9.59 Å². The van der Waals surface area contributed by atoms with E-state index in [0.29, 0.717) is 5.56 Å². The van der Waals surface area contributed by atoms with Gasteiger partial charge in [0.15, 0.2) is 0 Å². The molecule has 0 spiro atoms. The number of aromatic nitrogens is 2. The normalized spacial score (nSPS) is 13.5. The summed E-state index contributed by atoms with van der Waals surface area (Å²) < 4.78 is 38.9. The van der Waals surface area contributed by atoms with E-state index in [2.05, 4.69) is 10.4 Å². The third-order valence-corrected chi connectivity index (χ3v) is 4.32. The van der Waals surface area contributed by atoms with Gasteiger partial charge in [0.05, 0.1) is 24.2 Å². The SMILES string of the molecule is O=C(Cc1ccc(C(F)(F)F)cc1)NCCn1nc2c(cc1=O)CCC2. The fourth-order valence-corrected chi connectivity index (χ4v) is 2.96. The highest BCUT2D eigenvalue weighted by Gasteiger charge is 2.29. The van der Waals surface area contributed by atoms with Crippen LogP contribution in [0, 0.1) is 0 Å². The highest BCUT2D eigenvalue weighted by atomic mass is 19.4. The molecular weight excluding hydrogens is 347 g/mol. The average molecular weight is 365 g/mol. The molecular formula is C18H18F3N3O2. The molecule has 0 fully saturated rings. The molecule has 26 heavy (non-hydrogen) atoms. The van der Waals surface area contributed by atoms with Crippen molar-refractivity contribution in [1.29, 1.82) is 0 Å². The van der Waals surface area contributed by atoms with Crippen LogP contribution < -0.4 is 10.9 Å². The van der Waals surface area contributed by atoms with Gasteiger partial charge in [-0.2, -0.15) is 18.3 Å². The van der Waals surface area contributed by atoms with Crippen LogP contribution in [0.2, 0.25) is 0 Å². The Morgan fingerprint density at radius 1 is 1.19 bits per heavy atom. The summed E-state index contributed by atoms with van der Waals surface area (Å²) in [6.45, 7) is 0.482. The number of hydrogen-bond donors (Lipinski definition) is 1. The largest absolute Gasteiger partial charge is 0.416 e. The Hall–Kier alpha value is -2.64. The minimum absolute atomic E-state index is 0.0232. The van der Waals surface area contributed by atoms with Crippen molar-refractivity contribution in [2.24, 2.45) is 0 Å².